The Balaban J connectivity index is 1.81. The Morgan fingerprint density at radius 3 is 2.65 bits per heavy atom. The fourth-order valence-electron chi connectivity index (χ4n) is 1.90. The van der Waals surface area contributed by atoms with Crippen molar-refractivity contribution >= 4 is 11.8 Å². The van der Waals surface area contributed by atoms with Crippen molar-refractivity contribution < 1.29 is 14.0 Å². The molecular formula is C14H17FN6O2. The van der Waals surface area contributed by atoms with Gasteiger partial charge in [-0.15, -0.1) is 5.10 Å². The molecule has 122 valence electrons. The fourth-order valence-corrected chi connectivity index (χ4v) is 1.90. The molecule has 1 N–H and O–H groups in total. The minimum Gasteiger partial charge on any atom is -0.350 e. The number of halogens is 1. The quantitative estimate of drug-likeness (QED) is 0.774. The Bertz CT molecular complexity index is 644. The summed E-state index contributed by atoms with van der Waals surface area (Å²) in [6.07, 6.45) is 1.33. The summed E-state index contributed by atoms with van der Waals surface area (Å²) in [7, 11) is 0. The second-order valence-electron chi connectivity index (χ2n) is 4.82. The van der Waals surface area contributed by atoms with E-state index in [-0.39, 0.29) is 37.3 Å². The molecule has 0 aliphatic heterocycles. The minimum atomic E-state index is -0.328. The molecule has 0 fully saturated rings. The van der Waals surface area contributed by atoms with E-state index in [4.69, 9.17) is 0 Å². The Kier molecular flexibility index (Phi) is 5.73. The zero-order chi connectivity index (χ0) is 16.7. The molecule has 9 heteroatoms. The molecule has 2 aromatic rings. The number of nitrogens with zero attached hydrogens (tertiary/aromatic N) is 5. The van der Waals surface area contributed by atoms with E-state index >= 15 is 0 Å². The first-order valence-corrected chi connectivity index (χ1v) is 7.08. The maximum Gasteiger partial charge on any atom is 0.244 e. The van der Waals surface area contributed by atoms with Gasteiger partial charge < -0.3 is 10.2 Å². The molecule has 0 saturated carbocycles. The SMILES string of the molecule is CCN(CC(=O)NCc1ccc(F)cc1)C(=O)Cn1cnnn1. The third-order valence-electron chi connectivity index (χ3n) is 3.16. The van der Waals surface area contributed by atoms with E-state index in [0.29, 0.717) is 6.54 Å². The summed E-state index contributed by atoms with van der Waals surface area (Å²) >= 11 is 0. The van der Waals surface area contributed by atoms with Gasteiger partial charge in [-0.3, -0.25) is 9.59 Å². The Morgan fingerprint density at radius 1 is 1.30 bits per heavy atom. The van der Waals surface area contributed by atoms with Gasteiger partial charge in [-0.25, -0.2) is 9.07 Å². The molecule has 0 saturated heterocycles. The molecule has 1 aromatic heterocycles. The van der Waals surface area contributed by atoms with Crippen molar-refractivity contribution in [1.29, 1.82) is 0 Å². The summed E-state index contributed by atoms with van der Waals surface area (Å²) in [5.41, 5.74) is 0.780. The second kappa shape index (κ2) is 7.97. The van der Waals surface area contributed by atoms with E-state index < -0.39 is 0 Å². The van der Waals surface area contributed by atoms with E-state index in [1.807, 2.05) is 0 Å². The molecule has 2 rings (SSSR count). The van der Waals surface area contributed by atoms with Gasteiger partial charge in [0.25, 0.3) is 0 Å². The van der Waals surface area contributed by atoms with E-state index in [0.717, 1.165) is 5.56 Å². The van der Waals surface area contributed by atoms with Crippen LogP contribution < -0.4 is 5.32 Å². The van der Waals surface area contributed by atoms with Crippen LogP contribution in [0.5, 0.6) is 0 Å². The van der Waals surface area contributed by atoms with Gasteiger partial charge in [0.15, 0.2) is 0 Å². The van der Waals surface area contributed by atoms with Crippen LogP contribution in [0.2, 0.25) is 0 Å². The summed E-state index contributed by atoms with van der Waals surface area (Å²) < 4.78 is 14.1. The lowest BCUT2D eigenvalue weighted by molar-refractivity contribution is -0.136. The number of carbonyl (C=O) groups is 2. The number of carbonyl (C=O) groups excluding carboxylic acids is 2. The first-order chi connectivity index (χ1) is 11.1. The summed E-state index contributed by atoms with van der Waals surface area (Å²) in [6, 6.07) is 5.84. The number of tetrazole rings is 1. The van der Waals surface area contributed by atoms with Crippen LogP contribution in [0.15, 0.2) is 30.6 Å². The van der Waals surface area contributed by atoms with Crippen LogP contribution in [0.3, 0.4) is 0 Å². The highest BCUT2D eigenvalue weighted by atomic mass is 19.1. The largest absolute Gasteiger partial charge is 0.350 e. The van der Waals surface area contributed by atoms with Gasteiger partial charge in [0.2, 0.25) is 11.8 Å². The zero-order valence-corrected chi connectivity index (χ0v) is 12.6. The van der Waals surface area contributed by atoms with E-state index in [1.165, 1.54) is 28.0 Å². The van der Waals surface area contributed by atoms with Crippen LogP contribution in [0, 0.1) is 5.82 Å². The van der Waals surface area contributed by atoms with Crippen molar-refractivity contribution in [2.45, 2.75) is 20.0 Å². The second-order valence-corrected chi connectivity index (χ2v) is 4.82. The number of rotatable bonds is 7. The summed E-state index contributed by atoms with van der Waals surface area (Å²) in [5, 5.41) is 13.2. The molecule has 0 unspecified atom stereocenters. The molecule has 0 bridgehead atoms. The van der Waals surface area contributed by atoms with Gasteiger partial charge in [0.1, 0.15) is 18.7 Å². The monoisotopic (exact) mass is 320 g/mol. The third-order valence-corrected chi connectivity index (χ3v) is 3.16. The van der Waals surface area contributed by atoms with Gasteiger partial charge >= 0.3 is 0 Å². The number of nitrogens with one attached hydrogen (secondary N) is 1. The van der Waals surface area contributed by atoms with Gasteiger partial charge in [-0.2, -0.15) is 0 Å². The van der Waals surface area contributed by atoms with Crippen LogP contribution >= 0.6 is 0 Å². The maximum absolute atomic E-state index is 12.8. The van der Waals surface area contributed by atoms with Gasteiger partial charge in [0, 0.05) is 13.1 Å². The van der Waals surface area contributed by atoms with Crippen LogP contribution in [-0.4, -0.2) is 50.0 Å². The molecule has 0 radical (unpaired) electrons. The van der Waals surface area contributed by atoms with Crippen molar-refractivity contribution in [3.8, 4) is 0 Å². The average molecular weight is 320 g/mol. The van der Waals surface area contributed by atoms with Gasteiger partial charge in [0.05, 0.1) is 6.54 Å². The first-order valence-electron chi connectivity index (χ1n) is 7.08. The third kappa shape index (κ3) is 5.13. The van der Waals surface area contributed by atoms with Crippen molar-refractivity contribution in [1.82, 2.24) is 30.4 Å². The first kappa shape index (κ1) is 16.5. The van der Waals surface area contributed by atoms with Crippen molar-refractivity contribution in [3.05, 3.63) is 42.0 Å². The van der Waals surface area contributed by atoms with Crippen LogP contribution in [0.4, 0.5) is 4.39 Å². The molecule has 2 amide bonds. The highest BCUT2D eigenvalue weighted by Crippen LogP contribution is 2.02. The predicted molar refractivity (Wildman–Crippen MR) is 78.3 cm³/mol. The molecule has 0 spiro atoms. The fraction of sp³-hybridized carbons (Fsp3) is 0.357. The van der Waals surface area contributed by atoms with Crippen molar-refractivity contribution in [2.24, 2.45) is 0 Å². The average Bonchev–Trinajstić information content (AvgIpc) is 3.05. The molecule has 8 nitrogen and oxygen atoms in total. The summed E-state index contributed by atoms with van der Waals surface area (Å²) in [6.45, 7) is 2.37. The highest BCUT2D eigenvalue weighted by Gasteiger charge is 2.16. The lowest BCUT2D eigenvalue weighted by atomic mass is 10.2. The van der Waals surface area contributed by atoms with Crippen LogP contribution in [0.25, 0.3) is 0 Å². The predicted octanol–water partition coefficient (Wildman–Crippen LogP) is -0.0229. The molecule has 23 heavy (non-hydrogen) atoms. The molecule has 0 aliphatic rings. The van der Waals surface area contributed by atoms with Crippen molar-refractivity contribution in [3.63, 3.8) is 0 Å². The van der Waals surface area contributed by atoms with E-state index in [2.05, 4.69) is 20.8 Å². The van der Waals surface area contributed by atoms with E-state index in [1.54, 1.807) is 19.1 Å². The topological polar surface area (TPSA) is 93.0 Å². The lowest BCUT2D eigenvalue weighted by Gasteiger charge is -2.20. The van der Waals surface area contributed by atoms with Gasteiger partial charge in [-0.1, -0.05) is 12.1 Å². The Hall–Kier alpha value is -2.84. The Labute approximate surface area is 132 Å². The van der Waals surface area contributed by atoms with E-state index in [9.17, 15) is 14.0 Å². The molecule has 1 aromatic carbocycles. The molecule has 1 heterocycles. The number of amides is 2. The summed E-state index contributed by atoms with van der Waals surface area (Å²) in [4.78, 5) is 25.4. The normalized spacial score (nSPS) is 10.3. The molecular weight excluding hydrogens is 303 g/mol. The number of hydrogen-bond acceptors (Lipinski definition) is 5. The molecule has 0 atom stereocenters. The minimum absolute atomic E-state index is 0.0217. The number of likely N-dealkylation sites (N-methyl/N-ethyl adjacent to an activating group) is 1. The summed E-state index contributed by atoms with van der Waals surface area (Å²) in [5.74, 6) is -0.872. The number of benzene rings is 1. The van der Waals surface area contributed by atoms with Crippen LogP contribution in [0.1, 0.15) is 12.5 Å². The van der Waals surface area contributed by atoms with Crippen molar-refractivity contribution in [2.75, 3.05) is 13.1 Å². The smallest absolute Gasteiger partial charge is 0.244 e. The number of aromatic nitrogens is 4. The highest BCUT2D eigenvalue weighted by molar-refractivity contribution is 5.84. The van der Waals surface area contributed by atoms with Gasteiger partial charge in [-0.05, 0) is 35.0 Å². The standard InChI is InChI=1S/C14H17FN6O2/c1-2-20(14(23)9-21-10-17-18-19-21)8-13(22)16-7-11-3-5-12(15)6-4-11/h3-6,10H,2,7-9H2,1H3,(H,16,22). The Morgan fingerprint density at radius 2 is 2.04 bits per heavy atom. The molecule has 0 aliphatic carbocycles. The zero-order valence-electron chi connectivity index (χ0n) is 12.6. The maximum atomic E-state index is 12.8. The number of hydrogen-bond donors (Lipinski definition) is 1. The lowest BCUT2D eigenvalue weighted by Crippen LogP contribution is -2.41. The van der Waals surface area contributed by atoms with Crippen LogP contribution in [-0.2, 0) is 22.7 Å².